The summed E-state index contributed by atoms with van der Waals surface area (Å²) >= 11 is 1.71. The topological polar surface area (TPSA) is 79.1 Å². The lowest BCUT2D eigenvalue weighted by Crippen LogP contribution is -2.24. The molecular formula is C18H26N6OS. The smallest absolute Gasteiger partial charge is 0.227 e. The Kier molecular flexibility index (Phi) is 5.43. The Labute approximate surface area is 157 Å². The predicted molar refractivity (Wildman–Crippen MR) is 108 cm³/mol. The SMILES string of the molecule is CC[C@H](CO)Nc1nc(N(C)c2ccc(C)s2)c2ncn(C(C)C)c2n1. The van der Waals surface area contributed by atoms with E-state index in [0.29, 0.717) is 5.95 Å². The number of thiophene rings is 1. The summed E-state index contributed by atoms with van der Waals surface area (Å²) < 4.78 is 2.04. The molecule has 0 aliphatic heterocycles. The number of aliphatic hydroxyl groups is 1. The van der Waals surface area contributed by atoms with Gasteiger partial charge >= 0.3 is 0 Å². The van der Waals surface area contributed by atoms with Gasteiger partial charge < -0.3 is 19.9 Å². The Bertz CT molecular complexity index is 883. The van der Waals surface area contributed by atoms with Gasteiger partial charge in [0, 0.05) is 18.0 Å². The first-order valence-corrected chi connectivity index (χ1v) is 9.68. The average Bonchev–Trinajstić information content (AvgIpc) is 3.24. The molecule has 0 unspecified atom stereocenters. The minimum absolute atomic E-state index is 0.0383. The predicted octanol–water partition coefficient (Wildman–Crippen LogP) is 3.73. The molecule has 1 atom stereocenters. The monoisotopic (exact) mass is 374 g/mol. The first-order valence-electron chi connectivity index (χ1n) is 8.86. The Balaban J connectivity index is 2.13. The molecule has 0 fully saturated rings. The lowest BCUT2D eigenvalue weighted by molar-refractivity contribution is 0.271. The van der Waals surface area contributed by atoms with E-state index >= 15 is 0 Å². The third-order valence-corrected chi connectivity index (χ3v) is 5.46. The Morgan fingerprint density at radius 2 is 2.08 bits per heavy atom. The van der Waals surface area contributed by atoms with Crippen LogP contribution in [0.15, 0.2) is 18.5 Å². The van der Waals surface area contributed by atoms with Gasteiger partial charge in [0.15, 0.2) is 17.0 Å². The number of imidazole rings is 1. The van der Waals surface area contributed by atoms with Crippen molar-refractivity contribution in [1.29, 1.82) is 0 Å². The van der Waals surface area contributed by atoms with Crippen molar-refractivity contribution in [2.24, 2.45) is 0 Å². The Morgan fingerprint density at radius 3 is 2.65 bits per heavy atom. The summed E-state index contributed by atoms with van der Waals surface area (Å²) in [5.74, 6) is 1.27. The molecule has 3 aromatic rings. The number of nitrogens with zero attached hydrogens (tertiary/aromatic N) is 5. The van der Waals surface area contributed by atoms with Gasteiger partial charge in [-0.3, -0.25) is 0 Å². The van der Waals surface area contributed by atoms with Gasteiger partial charge in [0.1, 0.15) is 0 Å². The van der Waals surface area contributed by atoms with Crippen molar-refractivity contribution in [2.45, 2.75) is 46.2 Å². The fourth-order valence-corrected chi connectivity index (χ4v) is 3.57. The number of hydrogen-bond acceptors (Lipinski definition) is 7. The minimum Gasteiger partial charge on any atom is -0.394 e. The van der Waals surface area contributed by atoms with Crippen LogP contribution in [0.25, 0.3) is 11.2 Å². The average molecular weight is 375 g/mol. The number of hydrogen-bond donors (Lipinski definition) is 2. The van der Waals surface area contributed by atoms with Crippen LogP contribution < -0.4 is 10.2 Å². The largest absolute Gasteiger partial charge is 0.394 e. The van der Waals surface area contributed by atoms with Gasteiger partial charge in [-0.05, 0) is 39.3 Å². The van der Waals surface area contributed by atoms with E-state index in [9.17, 15) is 5.11 Å². The van der Waals surface area contributed by atoms with Gasteiger partial charge in [-0.2, -0.15) is 9.97 Å². The molecule has 0 saturated heterocycles. The lowest BCUT2D eigenvalue weighted by atomic mass is 10.2. The van der Waals surface area contributed by atoms with E-state index in [1.54, 1.807) is 11.3 Å². The Morgan fingerprint density at radius 1 is 1.31 bits per heavy atom. The van der Waals surface area contributed by atoms with Crippen molar-refractivity contribution in [3.05, 3.63) is 23.3 Å². The van der Waals surface area contributed by atoms with E-state index in [2.05, 4.69) is 48.2 Å². The molecular weight excluding hydrogens is 348 g/mol. The standard InChI is InChI=1S/C18H26N6OS/c1-6-13(9-25)20-18-21-16(23(5)14-8-7-12(4)26-14)15-17(22-18)24(10-19-15)11(2)3/h7-8,10-11,13,25H,6,9H2,1-5H3,(H,20,21,22)/t13-/m1/s1. The molecule has 0 spiro atoms. The van der Waals surface area contributed by atoms with Gasteiger partial charge in [0.2, 0.25) is 5.95 Å². The zero-order chi connectivity index (χ0) is 18.8. The maximum absolute atomic E-state index is 9.52. The third kappa shape index (κ3) is 3.52. The van der Waals surface area contributed by atoms with Crippen molar-refractivity contribution in [3.8, 4) is 0 Å². The van der Waals surface area contributed by atoms with Crippen LogP contribution in [0, 0.1) is 6.92 Å². The number of aliphatic hydroxyl groups excluding tert-OH is 1. The van der Waals surface area contributed by atoms with E-state index in [0.717, 1.165) is 28.4 Å². The van der Waals surface area contributed by atoms with Crippen molar-refractivity contribution >= 4 is 39.3 Å². The number of fused-ring (bicyclic) bond motifs is 1. The summed E-state index contributed by atoms with van der Waals surface area (Å²) in [6, 6.07) is 4.34. The Hall–Kier alpha value is -2.19. The third-order valence-electron chi connectivity index (χ3n) is 4.38. The molecule has 0 aromatic carbocycles. The second kappa shape index (κ2) is 7.59. The highest BCUT2D eigenvalue weighted by Crippen LogP contribution is 2.33. The van der Waals surface area contributed by atoms with E-state index in [4.69, 9.17) is 4.98 Å². The quantitative estimate of drug-likeness (QED) is 0.656. The molecule has 0 radical (unpaired) electrons. The maximum atomic E-state index is 9.52. The van der Waals surface area contributed by atoms with Crippen LogP contribution in [-0.4, -0.2) is 44.3 Å². The number of nitrogens with one attached hydrogen (secondary N) is 1. The summed E-state index contributed by atoms with van der Waals surface area (Å²) in [4.78, 5) is 17.3. The van der Waals surface area contributed by atoms with E-state index in [1.807, 2.05) is 29.8 Å². The fourth-order valence-electron chi connectivity index (χ4n) is 2.74. The molecule has 0 saturated carbocycles. The van der Waals surface area contributed by atoms with Crippen LogP contribution in [0.2, 0.25) is 0 Å². The molecule has 3 heterocycles. The van der Waals surface area contributed by atoms with Crippen LogP contribution in [0.1, 0.15) is 38.1 Å². The number of aryl methyl sites for hydroxylation is 1. The van der Waals surface area contributed by atoms with Crippen molar-refractivity contribution in [2.75, 3.05) is 23.9 Å². The van der Waals surface area contributed by atoms with Gasteiger partial charge in [-0.1, -0.05) is 6.92 Å². The molecule has 0 bridgehead atoms. The molecule has 7 nitrogen and oxygen atoms in total. The number of rotatable bonds is 7. The van der Waals surface area contributed by atoms with Crippen molar-refractivity contribution in [3.63, 3.8) is 0 Å². The van der Waals surface area contributed by atoms with Crippen LogP contribution in [0.5, 0.6) is 0 Å². The molecule has 140 valence electrons. The molecule has 3 aromatic heterocycles. The summed E-state index contributed by atoms with van der Waals surface area (Å²) in [6.45, 7) is 8.35. The van der Waals surface area contributed by atoms with Gasteiger partial charge in [-0.15, -0.1) is 11.3 Å². The van der Waals surface area contributed by atoms with Crippen molar-refractivity contribution < 1.29 is 5.11 Å². The van der Waals surface area contributed by atoms with Crippen LogP contribution >= 0.6 is 11.3 Å². The highest BCUT2D eigenvalue weighted by atomic mass is 32.1. The number of aromatic nitrogens is 4. The van der Waals surface area contributed by atoms with Crippen LogP contribution in [0.4, 0.5) is 16.8 Å². The number of anilines is 3. The summed E-state index contributed by atoms with van der Waals surface area (Å²) in [6.07, 6.45) is 2.60. The minimum atomic E-state index is -0.0787. The van der Waals surface area contributed by atoms with Crippen LogP contribution in [-0.2, 0) is 0 Å². The molecule has 26 heavy (non-hydrogen) atoms. The fraction of sp³-hybridized carbons (Fsp3) is 0.500. The van der Waals surface area contributed by atoms with E-state index in [-0.39, 0.29) is 18.7 Å². The summed E-state index contributed by atoms with van der Waals surface area (Å²) in [5, 5.41) is 13.9. The molecule has 0 aliphatic carbocycles. The van der Waals surface area contributed by atoms with Gasteiger partial charge in [0.25, 0.3) is 0 Å². The first-order chi connectivity index (χ1) is 12.4. The normalized spacial score (nSPS) is 12.7. The van der Waals surface area contributed by atoms with Crippen LogP contribution in [0.3, 0.4) is 0 Å². The zero-order valence-electron chi connectivity index (χ0n) is 15.9. The van der Waals surface area contributed by atoms with E-state index in [1.165, 1.54) is 4.88 Å². The van der Waals surface area contributed by atoms with E-state index < -0.39 is 0 Å². The highest BCUT2D eigenvalue weighted by Gasteiger charge is 2.20. The molecule has 0 aliphatic rings. The molecule has 2 N–H and O–H groups in total. The second-order valence-corrected chi connectivity index (χ2v) is 7.93. The molecule has 3 rings (SSSR count). The summed E-state index contributed by atoms with van der Waals surface area (Å²) in [5.41, 5.74) is 1.57. The lowest BCUT2D eigenvalue weighted by Gasteiger charge is -2.20. The summed E-state index contributed by atoms with van der Waals surface area (Å²) in [7, 11) is 1.99. The zero-order valence-corrected chi connectivity index (χ0v) is 16.7. The first kappa shape index (κ1) is 18.6. The van der Waals surface area contributed by atoms with Gasteiger partial charge in [0.05, 0.1) is 24.0 Å². The molecule has 8 heteroatoms. The van der Waals surface area contributed by atoms with Gasteiger partial charge in [-0.25, -0.2) is 4.98 Å². The van der Waals surface area contributed by atoms with Crippen molar-refractivity contribution in [1.82, 2.24) is 19.5 Å². The highest BCUT2D eigenvalue weighted by molar-refractivity contribution is 7.16. The maximum Gasteiger partial charge on any atom is 0.227 e. The second-order valence-electron chi connectivity index (χ2n) is 6.66. The molecule has 0 amide bonds.